The number of aliphatic carboxylic acids is 1. The molecule has 0 aromatic heterocycles. The standard InChI is InChI=1S/C17H16O4S/c1-11-7-9-12(10-8-11)14-15(17(18)19)16(14)22(20,21)13-5-3-2-4-6-13/h2-10,14-16H,1H3,(H,18,19)/t14-,15+,16-/m1/s1. The molecule has 1 fully saturated rings. The molecule has 3 atom stereocenters. The molecular formula is C17H16O4S. The first-order valence-corrected chi connectivity index (χ1v) is 8.56. The molecule has 4 nitrogen and oxygen atoms in total. The van der Waals surface area contributed by atoms with Gasteiger partial charge >= 0.3 is 5.97 Å². The highest BCUT2D eigenvalue weighted by molar-refractivity contribution is 7.92. The van der Waals surface area contributed by atoms with Gasteiger partial charge in [0.1, 0.15) is 0 Å². The highest BCUT2D eigenvalue weighted by Crippen LogP contribution is 2.54. The van der Waals surface area contributed by atoms with Crippen LogP contribution in [0.2, 0.25) is 0 Å². The Morgan fingerprint density at radius 1 is 1.00 bits per heavy atom. The van der Waals surface area contributed by atoms with E-state index in [1.54, 1.807) is 18.2 Å². The fraction of sp³-hybridized carbons (Fsp3) is 0.235. The number of rotatable bonds is 4. The maximum absolute atomic E-state index is 12.7. The minimum atomic E-state index is -3.65. The zero-order valence-electron chi connectivity index (χ0n) is 12.0. The first-order valence-electron chi connectivity index (χ1n) is 7.01. The van der Waals surface area contributed by atoms with Crippen molar-refractivity contribution in [2.24, 2.45) is 5.92 Å². The number of carboxylic acids is 1. The van der Waals surface area contributed by atoms with Crippen LogP contribution in [0.25, 0.3) is 0 Å². The van der Waals surface area contributed by atoms with E-state index in [0.717, 1.165) is 11.1 Å². The number of hydrogen-bond donors (Lipinski definition) is 1. The Kier molecular flexibility index (Phi) is 3.53. The summed E-state index contributed by atoms with van der Waals surface area (Å²) in [7, 11) is -3.65. The third kappa shape index (κ3) is 2.41. The normalized spacial score (nSPS) is 24.0. The molecule has 0 bridgehead atoms. The molecular weight excluding hydrogens is 300 g/mol. The molecule has 22 heavy (non-hydrogen) atoms. The highest BCUT2D eigenvalue weighted by atomic mass is 32.2. The van der Waals surface area contributed by atoms with Crippen LogP contribution in [-0.4, -0.2) is 24.7 Å². The molecule has 2 aromatic rings. The first-order chi connectivity index (χ1) is 10.4. The summed E-state index contributed by atoms with van der Waals surface area (Å²) in [5.74, 6) is -2.42. The zero-order valence-corrected chi connectivity index (χ0v) is 12.8. The van der Waals surface area contributed by atoms with Crippen molar-refractivity contribution in [2.75, 3.05) is 0 Å². The molecule has 1 N–H and O–H groups in total. The van der Waals surface area contributed by atoms with Crippen LogP contribution in [0.3, 0.4) is 0 Å². The van der Waals surface area contributed by atoms with Crippen LogP contribution in [0.5, 0.6) is 0 Å². The quantitative estimate of drug-likeness (QED) is 0.941. The van der Waals surface area contributed by atoms with Crippen molar-refractivity contribution < 1.29 is 18.3 Å². The van der Waals surface area contributed by atoms with Gasteiger partial charge in [-0.3, -0.25) is 4.79 Å². The SMILES string of the molecule is Cc1ccc([C@@H]2[C@H](C(=O)O)[C@@H]2S(=O)(=O)c2ccccc2)cc1. The summed E-state index contributed by atoms with van der Waals surface area (Å²) < 4.78 is 25.4. The predicted molar refractivity (Wildman–Crippen MR) is 82.5 cm³/mol. The van der Waals surface area contributed by atoms with Crippen molar-refractivity contribution in [3.05, 3.63) is 65.7 Å². The summed E-state index contributed by atoms with van der Waals surface area (Å²) in [5.41, 5.74) is 1.82. The van der Waals surface area contributed by atoms with Crippen molar-refractivity contribution in [2.45, 2.75) is 23.0 Å². The van der Waals surface area contributed by atoms with E-state index in [4.69, 9.17) is 0 Å². The summed E-state index contributed by atoms with van der Waals surface area (Å²) in [4.78, 5) is 11.6. The van der Waals surface area contributed by atoms with E-state index in [1.165, 1.54) is 12.1 Å². The molecule has 1 saturated carbocycles. The van der Waals surface area contributed by atoms with Crippen molar-refractivity contribution in [1.82, 2.24) is 0 Å². The predicted octanol–water partition coefficient (Wildman–Crippen LogP) is 2.64. The van der Waals surface area contributed by atoms with Crippen molar-refractivity contribution >= 4 is 15.8 Å². The zero-order chi connectivity index (χ0) is 15.9. The van der Waals surface area contributed by atoms with Crippen LogP contribution < -0.4 is 0 Å². The largest absolute Gasteiger partial charge is 0.481 e. The number of carbonyl (C=O) groups is 1. The summed E-state index contributed by atoms with van der Waals surface area (Å²) in [6.45, 7) is 1.93. The molecule has 114 valence electrons. The van der Waals surface area contributed by atoms with Gasteiger partial charge in [0, 0.05) is 5.92 Å². The molecule has 0 radical (unpaired) electrons. The van der Waals surface area contributed by atoms with Crippen molar-refractivity contribution in [3.63, 3.8) is 0 Å². The minimum absolute atomic E-state index is 0.181. The molecule has 0 aliphatic heterocycles. The monoisotopic (exact) mass is 316 g/mol. The maximum Gasteiger partial charge on any atom is 0.308 e. The smallest absolute Gasteiger partial charge is 0.308 e. The second-order valence-corrected chi connectivity index (χ2v) is 7.73. The molecule has 2 aromatic carbocycles. The van der Waals surface area contributed by atoms with E-state index in [2.05, 4.69) is 0 Å². The maximum atomic E-state index is 12.7. The Balaban J connectivity index is 1.99. The van der Waals surface area contributed by atoms with Crippen molar-refractivity contribution in [1.29, 1.82) is 0 Å². The molecule has 1 aliphatic carbocycles. The highest BCUT2D eigenvalue weighted by Gasteiger charge is 2.63. The van der Waals surface area contributed by atoms with Crippen LogP contribution in [-0.2, 0) is 14.6 Å². The molecule has 0 spiro atoms. The Morgan fingerprint density at radius 3 is 2.14 bits per heavy atom. The van der Waals surface area contributed by atoms with Gasteiger partial charge in [0.15, 0.2) is 9.84 Å². The number of hydrogen-bond acceptors (Lipinski definition) is 3. The second kappa shape index (κ2) is 5.25. The van der Waals surface area contributed by atoms with E-state index < -0.39 is 32.9 Å². The summed E-state index contributed by atoms with van der Waals surface area (Å²) in [5, 5.41) is 8.46. The molecule has 1 aliphatic rings. The van der Waals surface area contributed by atoms with Crippen LogP contribution in [0.15, 0.2) is 59.5 Å². The van der Waals surface area contributed by atoms with Gasteiger partial charge in [0.05, 0.1) is 16.1 Å². The van der Waals surface area contributed by atoms with Gasteiger partial charge in [-0.15, -0.1) is 0 Å². The Hall–Kier alpha value is -2.14. The van der Waals surface area contributed by atoms with Crippen LogP contribution >= 0.6 is 0 Å². The average molecular weight is 316 g/mol. The van der Waals surface area contributed by atoms with Crippen molar-refractivity contribution in [3.8, 4) is 0 Å². The second-order valence-electron chi connectivity index (χ2n) is 5.62. The van der Waals surface area contributed by atoms with E-state index >= 15 is 0 Å². The van der Waals surface area contributed by atoms with Gasteiger partial charge in [-0.1, -0.05) is 48.0 Å². The number of sulfone groups is 1. The number of aryl methyl sites for hydroxylation is 1. The third-order valence-corrected chi connectivity index (χ3v) is 6.36. The van der Waals surface area contributed by atoms with Crippen LogP contribution in [0.4, 0.5) is 0 Å². The lowest BCUT2D eigenvalue weighted by molar-refractivity contribution is -0.138. The Labute approximate surface area is 129 Å². The lowest BCUT2D eigenvalue weighted by atomic mass is 10.1. The van der Waals surface area contributed by atoms with E-state index in [9.17, 15) is 18.3 Å². The topological polar surface area (TPSA) is 71.4 Å². The summed E-state index contributed by atoms with van der Waals surface area (Å²) >= 11 is 0. The number of benzene rings is 2. The summed E-state index contributed by atoms with van der Waals surface area (Å²) in [6, 6.07) is 15.4. The van der Waals surface area contributed by atoms with E-state index in [0.29, 0.717) is 0 Å². The van der Waals surface area contributed by atoms with Gasteiger partial charge in [-0.05, 0) is 24.6 Å². The van der Waals surface area contributed by atoms with E-state index in [1.807, 2.05) is 31.2 Å². The average Bonchev–Trinajstić information content (AvgIpc) is 3.25. The Morgan fingerprint density at radius 2 is 1.59 bits per heavy atom. The fourth-order valence-electron chi connectivity index (χ4n) is 2.92. The fourth-order valence-corrected chi connectivity index (χ4v) is 5.06. The minimum Gasteiger partial charge on any atom is -0.481 e. The van der Waals surface area contributed by atoms with Crippen LogP contribution in [0, 0.1) is 12.8 Å². The molecule has 5 heteroatoms. The Bertz CT molecular complexity index is 794. The van der Waals surface area contributed by atoms with Gasteiger partial charge in [-0.2, -0.15) is 0 Å². The molecule has 0 heterocycles. The van der Waals surface area contributed by atoms with Gasteiger partial charge < -0.3 is 5.11 Å². The van der Waals surface area contributed by atoms with Gasteiger partial charge in [0.2, 0.25) is 0 Å². The van der Waals surface area contributed by atoms with Gasteiger partial charge in [-0.25, -0.2) is 8.42 Å². The van der Waals surface area contributed by atoms with E-state index in [-0.39, 0.29) is 4.90 Å². The lowest BCUT2D eigenvalue weighted by Gasteiger charge is -2.04. The molecule has 0 unspecified atom stereocenters. The van der Waals surface area contributed by atoms with Gasteiger partial charge in [0.25, 0.3) is 0 Å². The lowest BCUT2D eigenvalue weighted by Crippen LogP contribution is -2.13. The molecule has 0 saturated heterocycles. The first kappa shape index (κ1) is 14.8. The number of carboxylic acid groups (broad SMARTS) is 1. The van der Waals surface area contributed by atoms with Crippen LogP contribution in [0.1, 0.15) is 17.0 Å². The third-order valence-electron chi connectivity index (χ3n) is 4.13. The molecule has 3 rings (SSSR count). The summed E-state index contributed by atoms with van der Waals surface area (Å²) in [6.07, 6.45) is 0. The molecule has 0 amide bonds.